The molecular formula is C23H26N2O3. The topological polar surface area (TPSA) is 45.2 Å². The van der Waals surface area contributed by atoms with Gasteiger partial charge in [-0.25, -0.2) is 0 Å². The van der Waals surface area contributed by atoms with Crippen LogP contribution in [-0.4, -0.2) is 57.7 Å². The first-order valence-electron chi connectivity index (χ1n) is 9.77. The first-order valence-corrected chi connectivity index (χ1v) is 9.77. The van der Waals surface area contributed by atoms with Gasteiger partial charge in [-0.1, -0.05) is 30.2 Å². The van der Waals surface area contributed by atoms with E-state index in [0.717, 1.165) is 64.0 Å². The molecule has 5 heteroatoms. The Labute approximate surface area is 166 Å². The van der Waals surface area contributed by atoms with E-state index in [2.05, 4.69) is 15.7 Å². The Balaban J connectivity index is 1.55. The summed E-state index contributed by atoms with van der Waals surface area (Å²) in [7, 11) is 0. The van der Waals surface area contributed by atoms with E-state index in [4.69, 9.17) is 15.9 Å². The molecule has 0 radical (unpaired) electrons. The quantitative estimate of drug-likeness (QED) is 0.827. The molecule has 2 aliphatic heterocycles. The highest BCUT2D eigenvalue weighted by Crippen LogP contribution is 2.32. The lowest BCUT2D eigenvalue weighted by Crippen LogP contribution is -2.36. The summed E-state index contributed by atoms with van der Waals surface area (Å²) in [5.74, 6) is 2.60. The van der Waals surface area contributed by atoms with Gasteiger partial charge in [-0.3, -0.25) is 0 Å². The summed E-state index contributed by atoms with van der Waals surface area (Å²) in [6.45, 7) is 6.47. The van der Waals surface area contributed by atoms with Crippen LogP contribution in [0, 0.1) is 12.3 Å². The summed E-state index contributed by atoms with van der Waals surface area (Å²) in [4.78, 5) is 4.55. The number of terminal acetylenes is 1. The van der Waals surface area contributed by atoms with Crippen molar-refractivity contribution in [2.75, 3.05) is 62.4 Å². The average Bonchev–Trinajstić information content (AvgIpc) is 2.80. The number of benzene rings is 2. The third kappa shape index (κ3) is 3.72. The summed E-state index contributed by atoms with van der Waals surface area (Å²) >= 11 is 0. The smallest absolute Gasteiger partial charge is 0.176 e. The molecule has 2 heterocycles. The Hall–Kier alpha value is -2.52. The molecule has 0 bridgehead atoms. The zero-order chi connectivity index (χ0) is 19.4. The van der Waals surface area contributed by atoms with Crippen LogP contribution in [0.25, 0.3) is 0 Å². The first kappa shape index (κ1) is 18.8. The molecule has 2 aromatic carbocycles. The van der Waals surface area contributed by atoms with Gasteiger partial charge in [0.25, 0.3) is 0 Å². The van der Waals surface area contributed by atoms with Crippen molar-refractivity contribution >= 4 is 11.4 Å². The van der Waals surface area contributed by atoms with Crippen molar-refractivity contribution in [3.8, 4) is 12.3 Å². The van der Waals surface area contributed by atoms with Gasteiger partial charge in [-0.05, 0) is 24.3 Å². The van der Waals surface area contributed by atoms with E-state index >= 15 is 0 Å². The second kappa shape index (κ2) is 8.24. The summed E-state index contributed by atoms with van der Waals surface area (Å²) in [6, 6.07) is 15.7. The van der Waals surface area contributed by atoms with Gasteiger partial charge in [0.1, 0.15) is 0 Å². The monoisotopic (exact) mass is 378 g/mol. The van der Waals surface area contributed by atoms with Gasteiger partial charge < -0.3 is 24.4 Å². The maximum Gasteiger partial charge on any atom is 0.176 e. The number of anilines is 2. The van der Waals surface area contributed by atoms with Crippen molar-refractivity contribution < 1.29 is 14.6 Å². The predicted octanol–water partition coefficient (Wildman–Crippen LogP) is 2.23. The van der Waals surface area contributed by atoms with Crippen LogP contribution in [0.2, 0.25) is 0 Å². The van der Waals surface area contributed by atoms with Crippen molar-refractivity contribution in [2.24, 2.45) is 0 Å². The fourth-order valence-electron chi connectivity index (χ4n) is 3.80. The van der Waals surface area contributed by atoms with Crippen LogP contribution >= 0.6 is 0 Å². The van der Waals surface area contributed by atoms with Crippen LogP contribution in [0.3, 0.4) is 0 Å². The van der Waals surface area contributed by atoms with E-state index in [9.17, 15) is 5.11 Å². The minimum Gasteiger partial charge on any atom is -0.378 e. The van der Waals surface area contributed by atoms with Crippen LogP contribution in [0.15, 0.2) is 48.5 Å². The minimum atomic E-state index is -1.45. The van der Waals surface area contributed by atoms with Gasteiger partial charge in [0, 0.05) is 48.7 Å². The van der Waals surface area contributed by atoms with Gasteiger partial charge in [0.15, 0.2) is 5.60 Å². The van der Waals surface area contributed by atoms with Crippen molar-refractivity contribution in [3.63, 3.8) is 0 Å². The SMILES string of the molecule is C#CC(O)(c1ccc(N2CCOCC2)cc1)c1ccc(N2CCOCC2)cc1. The second-order valence-electron chi connectivity index (χ2n) is 7.15. The van der Waals surface area contributed by atoms with E-state index in [1.165, 1.54) is 0 Å². The summed E-state index contributed by atoms with van der Waals surface area (Å²) in [5, 5.41) is 11.3. The van der Waals surface area contributed by atoms with Crippen molar-refractivity contribution in [1.82, 2.24) is 0 Å². The molecule has 146 valence electrons. The molecule has 2 fully saturated rings. The third-order valence-electron chi connectivity index (χ3n) is 5.53. The van der Waals surface area contributed by atoms with Crippen LogP contribution in [0.4, 0.5) is 11.4 Å². The van der Waals surface area contributed by atoms with E-state index in [-0.39, 0.29) is 0 Å². The summed E-state index contributed by atoms with van der Waals surface area (Å²) in [6.07, 6.45) is 5.78. The highest BCUT2D eigenvalue weighted by Gasteiger charge is 2.29. The number of aliphatic hydroxyl groups is 1. The fraction of sp³-hybridized carbons (Fsp3) is 0.391. The van der Waals surface area contributed by atoms with Crippen LogP contribution in [-0.2, 0) is 15.1 Å². The number of hydrogen-bond donors (Lipinski definition) is 1. The molecule has 0 atom stereocenters. The molecule has 0 amide bonds. The number of morpholine rings is 2. The lowest BCUT2D eigenvalue weighted by Gasteiger charge is -2.30. The standard InChI is InChI=1S/C23H26N2O3/c1-2-23(26,19-3-7-21(8-4-19)24-11-15-27-16-12-24)20-5-9-22(10-6-20)25-13-17-28-18-14-25/h1,3-10,26H,11-18H2. The number of hydrogen-bond acceptors (Lipinski definition) is 5. The molecule has 2 saturated heterocycles. The van der Waals surface area contributed by atoms with E-state index in [1.807, 2.05) is 48.5 Å². The maximum atomic E-state index is 11.3. The highest BCUT2D eigenvalue weighted by atomic mass is 16.5. The van der Waals surface area contributed by atoms with E-state index < -0.39 is 5.60 Å². The molecule has 0 aliphatic carbocycles. The molecule has 1 N–H and O–H groups in total. The van der Waals surface area contributed by atoms with E-state index in [0.29, 0.717) is 11.1 Å². The fourth-order valence-corrected chi connectivity index (χ4v) is 3.80. The van der Waals surface area contributed by atoms with Gasteiger partial charge in [0.2, 0.25) is 0 Å². The molecule has 4 rings (SSSR count). The molecular weight excluding hydrogens is 352 g/mol. The Morgan fingerprint density at radius 1 is 0.714 bits per heavy atom. The van der Waals surface area contributed by atoms with E-state index in [1.54, 1.807) is 0 Å². The minimum absolute atomic E-state index is 0.700. The Bertz CT molecular complexity index is 753. The van der Waals surface area contributed by atoms with Crippen molar-refractivity contribution in [3.05, 3.63) is 59.7 Å². The number of ether oxygens (including phenoxy) is 2. The average molecular weight is 378 g/mol. The van der Waals surface area contributed by atoms with Gasteiger partial charge >= 0.3 is 0 Å². The normalized spacial score (nSPS) is 18.0. The van der Waals surface area contributed by atoms with Crippen LogP contribution < -0.4 is 9.80 Å². The van der Waals surface area contributed by atoms with Gasteiger partial charge in [-0.2, -0.15) is 0 Å². The Kier molecular flexibility index (Phi) is 5.54. The molecule has 5 nitrogen and oxygen atoms in total. The highest BCUT2D eigenvalue weighted by molar-refractivity contribution is 5.55. The van der Waals surface area contributed by atoms with Crippen molar-refractivity contribution in [2.45, 2.75) is 5.60 Å². The lowest BCUT2D eigenvalue weighted by molar-refractivity contribution is 0.122. The largest absolute Gasteiger partial charge is 0.378 e. The van der Waals surface area contributed by atoms with Crippen LogP contribution in [0.5, 0.6) is 0 Å². The molecule has 2 aliphatic rings. The third-order valence-corrected chi connectivity index (χ3v) is 5.53. The second-order valence-corrected chi connectivity index (χ2v) is 7.15. The zero-order valence-electron chi connectivity index (χ0n) is 16.0. The number of rotatable bonds is 4. The molecule has 0 unspecified atom stereocenters. The molecule has 0 aromatic heterocycles. The maximum absolute atomic E-state index is 11.3. The lowest BCUT2D eigenvalue weighted by atomic mass is 9.87. The first-order chi connectivity index (χ1) is 13.7. The predicted molar refractivity (Wildman–Crippen MR) is 111 cm³/mol. The zero-order valence-corrected chi connectivity index (χ0v) is 16.0. The summed E-state index contributed by atoms with van der Waals surface area (Å²) in [5.41, 5.74) is 2.19. The Morgan fingerprint density at radius 2 is 1.07 bits per heavy atom. The summed E-state index contributed by atoms with van der Waals surface area (Å²) < 4.78 is 10.8. The molecule has 28 heavy (non-hydrogen) atoms. The van der Waals surface area contributed by atoms with Gasteiger partial charge in [-0.15, -0.1) is 6.42 Å². The van der Waals surface area contributed by atoms with Crippen molar-refractivity contribution in [1.29, 1.82) is 0 Å². The number of nitrogens with zero attached hydrogens (tertiary/aromatic N) is 2. The van der Waals surface area contributed by atoms with Gasteiger partial charge in [0.05, 0.1) is 26.4 Å². The Morgan fingerprint density at radius 3 is 1.39 bits per heavy atom. The molecule has 0 saturated carbocycles. The molecule has 2 aromatic rings. The molecule has 0 spiro atoms. The van der Waals surface area contributed by atoms with Crippen LogP contribution in [0.1, 0.15) is 11.1 Å².